The maximum Gasteiger partial charge on any atom is 0.265 e. The normalized spacial score (nSPS) is 11.3. The summed E-state index contributed by atoms with van der Waals surface area (Å²) in [5.41, 5.74) is 1.89. The number of fused-ring (bicyclic) bond motifs is 1. The molecule has 3 aromatic carbocycles. The van der Waals surface area contributed by atoms with E-state index in [0.29, 0.717) is 32.8 Å². The van der Waals surface area contributed by atoms with Crippen LogP contribution in [0.1, 0.15) is 15.2 Å². The molecule has 0 saturated carbocycles. The van der Waals surface area contributed by atoms with Gasteiger partial charge in [0.05, 0.1) is 29.7 Å². The van der Waals surface area contributed by atoms with Gasteiger partial charge in [0, 0.05) is 28.5 Å². The Bertz CT molecular complexity index is 1530. The Morgan fingerprint density at radius 1 is 1.00 bits per heavy atom. The summed E-state index contributed by atoms with van der Waals surface area (Å²) >= 11 is 7.48. The number of thiophene rings is 1. The van der Waals surface area contributed by atoms with E-state index in [9.17, 15) is 13.2 Å². The summed E-state index contributed by atoms with van der Waals surface area (Å²) in [5.74, 6) is 0.498. The SMILES string of the molecule is COc1ccc(S(=O)(=O)N(C)c2ccc3sc(C(=O)Nc4cccc(Cl)c4C)cc3c2)cc1OC. The third kappa shape index (κ3) is 4.80. The van der Waals surface area contributed by atoms with Crippen LogP contribution in [0.25, 0.3) is 10.1 Å². The van der Waals surface area contributed by atoms with Crippen LogP contribution in [0, 0.1) is 6.92 Å². The van der Waals surface area contributed by atoms with Crippen LogP contribution in [-0.4, -0.2) is 35.6 Å². The third-order valence-electron chi connectivity index (χ3n) is 5.62. The lowest BCUT2D eigenvalue weighted by Gasteiger charge is -2.20. The van der Waals surface area contributed by atoms with Gasteiger partial charge in [0.25, 0.3) is 15.9 Å². The minimum Gasteiger partial charge on any atom is -0.493 e. The van der Waals surface area contributed by atoms with Crippen molar-refractivity contribution >= 4 is 60.3 Å². The predicted octanol–water partition coefficient (Wildman–Crippen LogP) is 5.96. The Morgan fingerprint density at radius 3 is 2.46 bits per heavy atom. The van der Waals surface area contributed by atoms with Crippen LogP contribution in [0.2, 0.25) is 5.02 Å². The zero-order valence-corrected chi connectivity index (χ0v) is 21.8. The summed E-state index contributed by atoms with van der Waals surface area (Å²) in [4.78, 5) is 13.4. The highest BCUT2D eigenvalue weighted by Crippen LogP contribution is 2.34. The van der Waals surface area contributed by atoms with Gasteiger partial charge in [0.1, 0.15) is 0 Å². The van der Waals surface area contributed by atoms with E-state index in [1.54, 1.807) is 48.5 Å². The Kier molecular flexibility index (Phi) is 6.93. The molecule has 0 fully saturated rings. The molecule has 35 heavy (non-hydrogen) atoms. The lowest BCUT2D eigenvalue weighted by molar-refractivity contribution is 0.103. The molecule has 1 amide bonds. The molecular weight excluding hydrogens is 508 g/mol. The van der Waals surface area contributed by atoms with Crippen LogP contribution in [0.15, 0.2) is 65.6 Å². The van der Waals surface area contributed by atoms with Gasteiger partial charge in [-0.1, -0.05) is 17.7 Å². The first-order valence-electron chi connectivity index (χ1n) is 10.5. The number of amides is 1. The van der Waals surface area contributed by atoms with Crippen molar-refractivity contribution in [1.29, 1.82) is 0 Å². The Labute approximate surface area is 212 Å². The lowest BCUT2D eigenvalue weighted by Crippen LogP contribution is -2.26. The number of rotatable bonds is 7. The van der Waals surface area contributed by atoms with Crippen LogP contribution in [0.3, 0.4) is 0 Å². The van der Waals surface area contributed by atoms with E-state index in [0.717, 1.165) is 15.6 Å². The number of ether oxygens (including phenoxy) is 2. The van der Waals surface area contributed by atoms with E-state index in [4.69, 9.17) is 21.1 Å². The summed E-state index contributed by atoms with van der Waals surface area (Å²) in [7, 11) is 0.547. The van der Waals surface area contributed by atoms with Crippen molar-refractivity contribution in [3.63, 3.8) is 0 Å². The maximum atomic E-state index is 13.3. The van der Waals surface area contributed by atoms with Gasteiger partial charge in [-0.3, -0.25) is 9.10 Å². The van der Waals surface area contributed by atoms with Crippen LogP contribution in [0.5, 0.6) is 11.5 Å². The molecule has 0 aliphatic heterocycles. The molecular formula is C25H23ClN2O5S2. The summed E-state index contributed by atoms with van der Waals surface area (Å²) in [6.07, 6.45) is 0. The fraction of sp³-hybridized carbons (Fsp3) is 0.160. The number of halogens is 1. The summed E-state index contributed by atoms with van der Waals surface area (Å²) in [6, 6.07) is 16.8. The molecule has 4 aromatic rings. The van der Waals surface area contributed by atoms with E-state index < -0.39 is 10.0 Å². The topological polar surface area (TPSA) is 84.9 Å². The monoisotopic (exact) mass is 530 g/mol. The van der Waals surface area contributed by atoms with Gasteiger partial charge in [0.15, 0.2) is 11.5 Å². The smallest absolute Gasteiger partial charge is 0.265 e. The van der Waals surface area contributed by atoms with Gasteiger partial charge >= 0.3 is 0 Å². The fourth-order valence-corrected chi connectivity index (χ4v) is 5.86. The standard InChI is InChI=1S/C25H23ClN2O5S2/c1-15-19(26)6-5-7-20(15)27-25(29)24-13-16-12-17(8-11-23(16)34-24)28(2)35(30,31)18-9-10-21(32-3)22(14-18)33-4/h5-14H,1-4H3,(H,27,29). The third-order valence-corrected chi connectivity index (χ3v) is 8.92. The molecule has 0 bridgehead atoms. The number of anilines is 2. The number of hydrogen-bond donors (Lipinski definition) is 1. The van der Waals surface area contributed by atoms with Crippen molar-refractivity contribution in [3.8, 4) is 11.5 Å². The first-order valence-corrected chi connectivity index (χ1v) is 13.1. The average molecular weight is 531 g/mol. The van der Waals surface area contributed by atoms with Crippen LogP contribution in [-0.2, 0) is 10.0 Å². The number of nitrogens with one attached hydrogen (secondary N) is 1. The van der Waals surface area contributed by atoms with Crippen molar-refractivity contribution < 1.29 is 22.7 Å². The first-order chi connectivity index (χ1) is 16.6. The molecule has 4 rings (SSSR count). The van der Waals surface area contributed by atoms with E-state index in [2.05, 4.69) is 5.32 Å². The highest BCUT2D eigenvalue weighted by atomic mass is 35.5. The largest absolute Gasteiger partial charge is 0.493 e. The molecule has 0 spiro atoms. The van der Waals surface area contributed by atoms with Crippen molar-refractivity contribution in [1.82, 2.24) is 0 Å². The number of carbonyl (C=O) groups excluding carboxylic acids is 1. The maximum absolute atomic E-state index is 13.3. The van der Waals surface area contributed by atoms with Crippen LogP contribution in [0.4, 0.5) is 11.4 Å². The van der Waals surface area contributed by atoms with E-state index >= 15 is 0 Å². The zero-order chi connectivity index (χ0) is 25.3. The molecule has 0 unspecified atom stereocenters. The molecule has 182 valence electrons. The van der Waals surface area contributed by atoms with Crippen LogP contribution < -0.4 is 19.1 Å². The number of nitrogens with zero attached hydrogens (tertiary/aromatic N) is 1. The molecule has 0 aliphatic rings. The number of carbonyl (C=O) groups is 1. The molecule has 1 N–H and O–H groups in total. The Balaban J connectivity index is 1.62. The van der Waals surface area contributed by atoms with Crippen molar-refractivity contribution in [3.05, 3.63) is 76.1 Å². The molecule has 1 heterocycles. The van der Waals surface area contributed by atoms with E-state index in [-0.39, 0.29) is 10.8 Å². The lowest BCUT2D eigenvalue weighted by atomic mass is 10.2. The van der Waals surface area contributed by atoms with Gasteiger partial charge < -0.3 is 14.8 Å². The fourth-order valence-electron chi connectivity index (χ4n) is 3.54. The summed E-state index contributed by atoms with van der Waals surface area (Å²) in [5, 5.41) is 4.22. The second-order valence-electron chi connectivity index (χ2n) is 7.69. The van der Waals surface area contributed by atoms with Gasteiger partial charge in [-0.15, -0.1) is 11.3 Å². The second kappa shape index (κ2) is 9.77. The van der Waals surface area contributed by atoms with Crippen molar-refractivity contribution in [2.24, 2.45) is 0 Å². The van der Waals surface area contributed by atoms with Gasteiger partial charge in [-0.2, -0.15) is 0 Å². The highest BCUT2D eigenvalue weighted by Gasteiger charge is 2.24. The Hall–Kier alpha value is -3.27. The minimum absolute atomic E-state index is 0.0695. The highest BCUT2D eigenvalue weighted by molar-refractivity contribution is 7.92. The van der Waals surface area contributed by atoms with Gasteiger partial charge in [0.2, 0.25) is 0 Å². The van der Waals surface area contributed by atoms with Gasteiger partial charge in [-0.05, 0) is 66.4 Å². The zero-order valence-electron chi connectivity index (χ0n) is 19.5. The average Bonchev–Trinajstić information content (AvgIpc) is 3.29. The molecule has 7 nitrogen and oxygen atoms in total. The Morgan fingerprint density at radius 2 is 1.74 bits per heavy atom. The van der Waals surface area contributed by atoms with E-state index in [1.807, 2.05) is 6.92 Å². The van der Waals surface area contributed by atoms with Crippen LogP contribution >= 0.6 is 22.9 Å². The number of methoxy groups -OCH3 is 2. The second-order valence-corrected chi connectivity index (χ2v) is 11.1. The molecule has 0 aliphatic carbocycles. The van der Waals surface area contributed by atoms with Crippen molar-refractivity contribution in [2.75, 3.05) is 30.9 Å². The van der Waals surface area contributed by atoms with E-state index in [1.165, 1.54) is 49.0 Å². The number of hydrogen-bond acceptors (Lipinski definition) is 6. The predicted molar refractivity (Wildman–Crippen MR) is 141 cm³/mol. The first kappa shape index (κ1) is 24.8. The minimum atomic E-state index is -3.87. The number of benzene rings is 3. The quantitative estimate of drug-likeness (QED) is 0.319. The molecule has 10 heteroatoms. The molecule has 1 aromatic heterocycles. The van der Waals surface area contributed by atoms with Crippen molar-refractivity contribution in [2.45, 2.75) is 11.8 Å². The van der Waals surface area contributed by atoms with Gasteiger partial charge in [-0.25, -0.2) is 8.42 Å². The molecule has 0 radical (unpaired) electrons. The molecule has 0 saturated heterocycles. The molecule has 0 atom stereocenters. The summed E-state index contributed by atoms with van der Waals surface area (Å²) < 4.78 is 39.0. The summed E-state index contributed by atoms with van der Waals surface area (Å²) in [6.45, 7) is 1.84. The number of sulfonamides is 1.